The average molecular weight is 172 g/mol. The van der Waals surface area contributed by atoms with Gasteiger partial charge in [0, 0.05) is 0 Å². The second-order valence-corrected chi connectivity index (χ2v) is 0. The third-order valence-corrected chi connectivity index (χ3v) is 0. The van der Waals surface area contributed by atoms with Crippen molar-refractivity contribution in [2.24, 2.45) is 0 Å². The van der Waals surface area contributed by atoms with Gasteiger partial charge < -0.3 is 1.43 Å². The van der Waals surface area contributed by atoms with E-state index >= 15 is 0 Å². The van der Waals surface area contributed by atoms with E-state index in [1.165, 1.54) is 0 Å². The maximum atomic E-state index is 0. The van der Waals surface area contributed by atoms with Crippen molar-refractivity contribution >= 4 is 43.9 Å². The molecule has 0 aromatic carbocycles. The van der Waals surface area contributed by atoms with Crippen molar-refractivity contribution in [2.75, 3.05) is 0 Å². The summed E-state index contributed by atoms with van der Waals surface area (Å²) in [6.07, 6.45) is 0. The van der Waals surface area contributed by atoms with E-state index in [4.69, 9.17) is 0 Å². The molecule has 0 aromatic heterocycles. The van der Waals surface area contributed by atoms with Crippen LogP contribution in [0.1, 0.15) is 1.43 Å². The minimum Gasteiger partial charge on any atom is -1.00 e. The maximum absolute atomic E-state index is 0. The van der Waals surface area contributed by atoms with E-state index in [1.807, 2.05) is 0 Å². The van der Waals surface area contributed by atoms with Crippen molar-refractivity contribution in [1.82, 2.24) is 0 Å². The summed E-state index contributed by atoms with van der Waals surface area (Å²) in [5.41, 5.74) is 0. The van der Waals surface area contributed by atoms with E-state index in [0.717, 1.165) is 0 Å². The van der Waals surface area contributed by atoms with Crippen molar-refractivity contribution < 1.29 is 35.7 Å². The number of halogens is 1. The van der Waals surface area contributed by atoms with Crippen molar-refractivity contribution in [3.8, 4) is 0 Å². The first kappa shape index (κ1) is 112. The van der Waals surface area contributed by atoms with E-state index in [0.29, 0.717) is 0 Å². The summed E-state index contributed by atoms with van der Waals surface area (Å²) < 4.78 is 0. The molecule has 0 nitrogen and oxygen atoms in total. The molecular weight excluding hydrogens is 154 g/mol. The zero-order valence-corrected chi connectivity index (χ0v) is 3.41. The van der Waals surface area contributed by atoms with Crippen molar-refractivity contribution in [2.45, 2.75) is 0 Å². The second kappa shape index (κ2) is 70.7. The van der Waals surface area contributed by atoms with Crippen LogP contribution in [0, 0.1) is 0 Å². The van der Waals surface area contributed by atoms with Gasteiger partial charge in [0.15, 0.2) is 0 Å². The van der Waals surface area contributed by atoms with E-state index in [1.54, 1.807) is 0 Å². The van der Waals surface area contributed by atoms with Crippen molar-refractivity contribution in [1.29, 1.82) is 0 Å². The van der Waals surface area contributed by atoms with Gasteiger partial charge in [-0.15, -0.1) is 0 Å². The first-order valence-corrected chi connectivity index (χ1v) is 0. The Hall–Kier alpha value is 1.80. The summed E-state index contributed by atoms with van der Waals surface area (Å²) in [6.45, 7) is 0. The van der Waals surface area contributed by atoms with Crippen LogP contribution in [0.4, 0.5) is 4.70 Å². The summed E-state index contributed by atoms with van der Waals surface area (Å²) in [5.74, 6) is 0. The largest absolute Gasteiger partial charge is 1.00 e. The predicted octanol–water partition coefficient (Wildman–Crippen LogP) is -8.54. The minimum absolute atomic E-state index is 0. The molecule has 0 fully saturated rings. The predicted molar refractivity (Wildman–Crippen MR) is 49.0 cm³/mol. The molecule has 0 spiro atoms. The van der Waals surface area contributed by atoms with Gasteiger partial charge in [-0.25, -0.2) is 0 Å². The summed E-state index contributed by atoms with van der Waals surface area (Å²) in [5, 5.41) is 0. The van der Waals surface area contributed by atoms with Gasteiger partial charge in [0.1, 0.15) is 0 Å². The number of hydrogen-bond acceptors (Lipinski definition) is 0. The Bertz CT molecular complexity index is 11.7. The van der Waals surface area contributed by atoms with Crippen LogP contribution in [0.15, 0.2) is 0 Å². The molecule has 6 heavy (non-hydrogen) atoms. The molecule has 0 rings (SSSR count). The Labute approximate surface area is 79.1 Å². The van der Waals surface area contributed by atoms with Crippen LogP contribution in [-0.2, 0) is 0 Å². The van der Waals surface area contributed by atoms with E-state index in [-0.39, 0.29) is 79.5 Å². The smallest absolute Gasteiger partial charge is 1.00 e. The Balaban J connectivity index is 0. The normalized spacial score (nSPS) is 0. The Morgan fingerprint density at radius 3 is 0.667 bits per heavy atom. The van der Waals surface area contributed by atoms with Gasteiger partial charge in [0.25, 0.3) is 0 Å². The topological polar surface area (TPSA) is 0 Å². The van der Waals surface area contributed by atoms with Gasteiger partial charge in [0.2, 0.25) is 0 Å². The molecule has 0 radical (unpaired) electrons. The molecule has 0 heterocycles. The maximum Gasteiger partial charge on any atom is 1.00 e. The Morgan fingerprint density at radius 1 is 0.667 bits per heavy atom. The summed E-state index contributed by atoms with van der Waals surface area (Å²) in [4.78, 5) is 0. The first-order chi connectivity index (χ1) is 0. The zero-order chi connectivity index (χ0) is 0. The Morgan fingerprint density at radius 2 is 0.667 bits per heavy atom. The van der Waals surface area contributed by atoms with Crippen molar-refractivity contribution in [3.63, 3.8) is 0 Å². The monoisotopic (exact) mass is 172 g/mol. The summed E-state index contributed by atoms with van der Waals surface area (Å²) in [7, 11) is 0. The van der Waals surface area contributed by atoms with E-state index in [9.17, 15) is 0 Å². The van der Waals surface area contributed by atoms with Crippen LogP contribution >= 0.6 is 0 Å². The SMILES string of the molecule is F.[H-].[Na+].[SiH4].[SiH4].[SiH4].[SiH4]. The third kappa shape index (κ3) is 41.3. The molecule has 0 saturated heterocycles. The quantitative estimate of drug-likeness (QED) is 0.319. The molecule has 0 N–H and O–H groups in total. The van der Waals surface area contributed by atoms with Crippen LogP contribution in [0.25, 0.3) is 0 Å². The molecule has 0 amide bonds. The van der Waals surface area contributed by atoms with Crippen molar-refractivity contribution in [3.05, 3.63) is 0 Å². The number of rotatable bonds is 0. The molecule has 0 unspecified atom stereocenters. The van der Waals surface area contributed by atoms with Gasteiger partial charge in [-0.05, 0) is 43.9 Å². The molecule has 0 aliphatic carbocycles. The fourth-order valence-electron chi connectivity index (χ4n) is 0. The van der Waals surface area contributed by atoms with Crippen LogP contribution in [0.3, 0.4) is 0 Å². The summed E-state index contributed by atoms with van der Waals surface area (Å²) >= 11 is 0. The van der Waals surface area contributed by atoms with Gasteiger partial charge in [0.05, 0.1) is 0 Å². The number of hydrogen-bond donors (Lipinski definition) is 0. The van der Waals surface area contributed by atoms with Crippen LogP contribution in [-0.4, -0.2) is 43.9 Å². The van der Waals surface area contributed by atoms with Gasteiger partial charge in [-0.2, -0.15) is 0 Å². The van der Waals surface area contributed by atoms with Gasteiger partial charge in [-0.3, -0.25) is 4.70 Å². The van der Waals surface area contributed by atoms with E-state index in [2.05, 4.69) is 0 Å². The molecule has 0 bridgehead atoms. The Kier molecular flexibility index (Phi) is 1310. The molecule has 0 saturated carbocycles. The van der Waals surface area contributed by atoms with Crippen LogP contribution in [0.2, 0.25) is 0 Å². The molecule has 42 valence electrons. The molecule has 0 atom stereocenters. The molecule has 6 heteroatoms. The first-order valence-electron chi connectivity index (χ1n) is 0. The van der Waals surface area contributed by atoms with E-state index < -0.39 is 0 Å². The minimum atomic E-state index is 0. The molecule has 0 aromatic rings. The summed E-state index contributed by atoms with van der Waals surface area (Å²) in [6, 6.07) is 0. The zero-order valence-electron chi connectivity index (χ0n) is 2.41. The van der Waals surface area contributed by atoms with Gasteiger partial charge in [-0.1, -0.05) is 0 Å². The van der Waals surface area contributed by atoms with Crippen LogP contribution < -0.4 is 29.6 Å². The molecular formula is H18FNaSi4. The standard InChI is InChI=1S/FH.Na.4H4Si.H/h1H;;4*1H4;/q;+1;;;;;-1. The van der Waals surface area contributed by atoms with Gasteiger partial charge >= 0.3 is 29.6 Å². The molecule has 0 aliphatic heterocycles. The molecule has 0 aliphatic rings. The third-order valence-electron chi connectivity index (χ3n) is 0. The van der Waals surface area contributed by atoms with Crippen LogP contribution in [0.5, 0.6) is 0 Å². The fourth-order valence-corrected chi connectivity index (χ4v) is 0. The second-order valence-electron chi connectivity index (χ2n) is 0. The fraction of sp³-hybridized carbons (Fsp3) is 0. The average Bonchev–Trinajstić information content (AvgIpc) is 0.